The number of aryl methyl sites for hydroxylation is 1. The van der Waals surface area contributed by atoms with Crippen molar-refractivity contribution in [3.05, 3.63) is 22.5 Å². The first-order chi connectivity index (χ1) is 9.78. The molecule has 0 spiro atoms. The summed E-state index contributed by atoms with van der Waals surface area (Å²) in [7, 11) is 0. The highest BCUT2D eigenvalue weighted by Crippen LogP contribution is 2.30. The zero-order valence-corrected chi connectivity index (χ0v) is 11.9. The van der Waals surface area contributed by atoms with Crippen molar-refractivity contribution < 1.29 is 24.6 Å². The number of aliphatic carboxylic acids is 1. The van der Waals surface area contributed by atoms with Crippen LogP contribution in [0.2, 0.25) is 0 Å². The van der Waals surface area contributed by atoms with Crippen LogP contribution in [0.15, 0.2) is 0 Å². The van der Waals surface area contributed by atoms with Gasteiger partial charge in [0.2, 0.25) is 0 Å². The van der Waals surface area contributed by atoms with Gasteiger partial charge in [-0.2, -0.15) is 0 Å². The maximum atomic E-state index is 12.3. The summed E-state index contributed by atoms with van der Waals surface area (Å²) in [6, 6.07) is 0. The zero-order valence-electron chi connectivity index (χ0n) is 11.9. The quantitative estimate of drug-likeness (QED) is 0.670. The maximum absolute atomic E-state index is 12.3. The van der Waals surface area contributed by atoms with Gasteiger partial charge < -0.3 is 20.5 Å². The molecule has 0 aromatic carbocycles. The van der Waals surface area contributed by atoms with Crippen molar-refractivity contribution in [2.75, 3.05) is 0 Å². The maximum Gasteiger partial charge on any atom is 0.337 e. The molecule has 1 aromatic heterocycles. The fraction of sp³-hybridized carbons (Fsp3) is 0.500. The second-order valence-electron chi connectivity index (χ2n) is 5.48. The van der Waals surface area contributed by atoms with E-state index in [0.29, 0.717) is 24.1 Å². The van der Waals surface area contributed by atoms with Crippen LogP contribution in [0.5, 0.6) is 0 Å². The summed E-state index contributed by atoms with van der Waals surface area (Å²) in [6.07, 6.45) is 2.27. The molecule has 0 atom stereocenters. The van der Waals surface area contributed by atoms with Gasteiger partial charge in [0.15, 0.2) is 0 Å². The number of aromatic carboxylic acids is 1. The van der Waals surface area contributed by atoms with Gasteiger partial charge in [-0.15, -0.1) is 0 Å². The van der Waals surface area contributed by atoms with Crippen LogP contribution in [0.1, 0.15) is 57.8 Å². The largest absolute Gasteiger partial charge is 0.480 e. The zero-order chi connectivity index (χ0) is 15.8. The Balaban J connectivity index is 2.31. The molecule has 2 rings (SSSR count). The van der Waals surface area contributed by atoms with E-state index in [-0.39, 0.29) is 11.3 Å². The molecule has 7 nitrogen and oxygen atoms in total. The first-order valence-electron chi connectivity index (χ1n) is 6.77. The highest BCUT2D eigenvalue weighted by molar-refractivity contribution is 6.01. The molecule has 0 radical (unpaired) electrons. The summed E-state index contributed by atoms with van der Waals surface area (Å²) >= 11 is 0. The number of hydrogen-bond donors (Lipinski definition) is 4. The van der Waals surface area contributed by atoms with Gasteiger partial charge in [0.05, 0.1) is 5.56 Å². The predicted molar refractivity (Wildman–Crippen MR) is 73.5 cm³/mol. The monoisotopic (exact) mass is 294 g/mol. The molecule has 0 saturated heterocycles. The Morgan fingerprint density at radius 3 is 2.14 bits per heavy atom. The summed E-state index contributed by atoms with van der Waals surface area (Å²) < 4.78 is 0. The molecule has 1 heterocycles. The normalized spacial score (nSPS) is 16.7. The number of carbonyl (C=O) groups excluding carboxylic acids is 1. The lowest BCUT2D eigenvalue weighted by atomic mass is 9.97. The number of rotatable bonds is 4. The predicted octanol–water partition coefficient (Wildman–Crippen LogP) is 1.46. The molecule has 1 aromatic rings. The average molecular weight is 294 g/mol. The molecular weight excluding hydrogens is 276 g/mol. The standard InChI is InChI=1S/C14H18N2O5/c1-7-9(12(18)19)8(2)15-10(7)11(17)16-14(13(20)21)5-3-4-6-14/h15H,3-6H2,1-2H3,(H,16,17)(H,18,19)(H,20,21). The van der Waals surface area contributed by atoms with Gasteiger partial charge in [-0.05, 0) is 32.3 Å². The van der Waals surface area contributed by atoms with Crippen LogP contribution >= 0.6 is 0 Å². The second kappa shape index (κ2) is 5.23. The third kappa shape index (κ3) is 2.51. The number of nitrogens with one attached hydrogen (secondary N) is 2. The Morgan fingerprint density at radius 1 is 1.14 bits per heavy atom. The van der Waals surface area contributed by atoms with Crippen LogP contribution in [0.4, 0.5) is 0 Å². The summed E-state index contributed by atoms with van der Waals surface area (Å²) in [5.74, 6) is -2.74. The van der Waals surface area contributed by atoms with Crippen molar-refractivity contribution >= 4 is 17.8 Å². The molecule has 0 aliphatic heterocycles. The lowest BCUT2D eigenvalue weighted by Crippen LogP contribution is -2.52. The van der Waals surface area contributed by atoms with Crippen molar-refractivity contribution in [1.29, 1.82) is 0 Å². The van der Waals surface area contributed by atoms with Crippen molar-refractivity contribution in [2.45, 2.75) is 45.1 Å². The third-order valence-corrected chi connectivity index (χ3v) is 4.10. The Labute approximate surface area is 121 Å². The van der Waals surface area contributed by atoms with Gasteiger partial charge in [0.1, 0.15) is 11.2 Å². The van der Waals surface area contributed by atoms with Crippen molar-refractivity contribution in [1.82, 2.24) is 10.3 Å². The Hall–Kier alpha value is -2.31. The van der Waals surface area contributed by atoms with E-state index in [9.17, 15) is 19.5 Å². The first kappa shape index (κ1) is 15.1. The molecule has 7 heteroatoms. The van der Waals surface area contributed by atoms with Crippen molar-refractivity contribution in [3.63, 3.8) is 0 Å². The molecule has 1 aliphatic carbocycles. The molecule has 4 N–H and O–H groups in total. The Morgan fingerprint density at radius 2 is 1.71 bits per heavy atom. The average Bonchev–Trinajstić information content (AvgIpc) is 2.95. The van der Waals surface area contributed by atoms with E-state index in [2.05, 4.69) is 10.3 Å². The van der Waals surface area contributed by atoms with Crippen LogP contribution in [0.3, 0.4) is 0 Å². The van der Waals surface area contributed by atoms with E-state index in [1.54, 1.807) is 6.92 Å². The van der Waals surface area contributed by atoms with Crippen LogP contribution in [-0.2, 0) is 4.79 Å². The van der Waals surface area contributed by atoms with Gasteiger partial charge in [0.25, 0.3) is 5.91 Å². The number of aromatic amines is 1. The molecule has 114 valence electrons. The molecule has 1 amide bonds. The van der Waals surface area contributed by atoms with Gasteiger partial charge in [-0.1, -0.05) is 12.8 Å². The first-order valence-corrected chi connectivity index (χ1v) is 6.77. The molecule has 0 unspecified atom stereocenters. The van der Waals surface area contributed by atoms with Crippen molar-refractivity contribution in [3.8, 4) is 0 Å². The van der Waals surface area contributed by atoms with E-state index in [4.69, 9.17) is 5.11 Å². The van der Waals surface area contributed by atoms with Gasteiger partial charge in [-0.3, -0.25) is 4.79 Å². The smallest absolute Gasteiger partial charge is 0.337 e. The second-order valence-corrected chi connectivity index (χ2v) is 5.48. The van der Waals surface area contributed by atoms with E-state index >= 15 is 0 Å². The van der Waals surface area contributed by atoms with E-state index in [1.807, 2.05) is 0 Å². The minimum absolute atomic E-state index is 0.0518. The number of carbonyl (C=O) groups is 3. The van der Waals surface area contributed by atoms with E-state index < -0.39 is 23.4 Å². The molecule has 21 heavy (non-hydrogen) atoms. The molecule has 0 bridgehead atoms. The molecular formula is C14H18N2O5. The fourth-order valence-electron chi connectivity index (χ4n) is 2.95. The number of amides is 1. The minimum atomic E-state index is -1.24. The SMILES string of the molecule is Cc1[nH]c(C(=O)NC2(C(=O)O)CCCC2)c(C)c1C(=O)O. The summed E-state index contributed by atoms with van der Waals surface area (Å²) in [5.41, 5.74) is -0.392. The van der Waals surface area contributed by atoms with Gasteiger partial charge >= 0.3 is 11.9 Å². The highest BCUT2D eigenvalue weighted by atomic mass is 16.4. The van der Waals surface area contributed by atoms with E-state index in [0.717, 1.165) is 12.8 Å². The van der Waals surface area contributed by atoms with Crippen LogP contribution in [-0.4, -0.2) is 38.6 Å². The molecule has 1 saturated carbocycles. The number of hydrogen-bond acceptors (Lipinski definition) is 3. The highest BCUT2D eigenvalue weighted by Gasteiger charge is 2.43. The summed E-state index contributed by atoms with van der Waals surface area (Å²) in [4.78, 5) is 37.6. The van der Waals surface area contributed by atoms with Crippen LogP contribution in [0, 0.1) is 13.8 Å². The molecule has 1 aliphatic rings. The van der Waals surface area contributed by atoms with Crippen LogP contribution < -0.4 is 5.32 Å². The molecule has 1 fully saturated rings. The van der Waals surface area contributed by atoms with E-state index in [1.165, 1.54) is 6.92 Å². The number of H-pyrrole nitrogens is 1. The summed E-state index contributed by atoms with van der Waals surface area (Å²) in [6.45, 7) is 3.10. The lowest BCUT2D eigenvalue weighted by Gasteiger charge is -2.25. The Bertz CT molecular complexity index is 611. The van der Waals surface area contributed by atoms with Gasteiger partial charge in [-0.25, -0.2) is 9.59 Å². The Kier molecular flexibility index (Phi) is 3.76. The number of carboxylic acids is 2. The van der Waals surface area contributed by atoms with Gasteiger partial charge in [0, 0.05) is 5.69 Å². The number of aromatic nitrogens is 1. The lowest BCUT2D eigenvalue weighted by molar-refractivity contribution is -0.144. The van der Waals surface area contributed by atoms with Crippen molar-refractivity contribution in [2.24, 2.45) is 0 Å². The summed E-state index contributed by atoms with van der Waals surface area (Å²) in [5, 5.41) is 21.0. The fourth-order valence-corrected chi connectivity index (χ4v) is 2.95. The number of carboxylic acid groups (broad SMARTS) is 2. The topological polar surface area (TPSA) is 119 Å². The third-order valence-electron chi connectivity index (χ3n) is 4.10. The minimum Gasteiger partial charge on any atom is -0.480 e. The van der Waals surface area contributed by atoms with Crippen LogP contribution in [0.25, 0.3) is 0 Å².